The van der Waals surface area contributed by atoms with Gasteiger partial charge < -0.3 is 9.72 Å². The maximum Gasteiger partial charge on any atom is 0.419 e. The second-order valence-corrected chi connectivity index (χ2v) is 7.43. The molecule has 152 valence electrons. The Morgan fingerprint density at radius 1 is 1.07 bits per heavy atom. The number of benzene rings is 2. The average Bonchev–Trinajstić information content (AvgIpc) is 3.04. The Morgan fingerprint density at radius 2 is 1.87 bits per heavy atom. The lowest BCUT2D eigenvalue weighted by Gasteiger charge is -2.13. The maximum atomic E-state index is 14.1. The van der Waals surface area contributed by atoms with Gasteiger partial charge in [0, 0.05) is 23.1 Å². The van der Waals surface area contributed by atoms with Gasteiger partial charge in [0.15, 0.2) is 5.76 Å². The van der Waals surface area contributed by atoms with Crippen molar-refractivity contribution >= 4 is 22.8 Å². The fraction of sp³-hybridized carbons (Fsp3) is 0.174. The fourth-order valence-electron chi connectivity index (χ4n) is 3.49. The summed E-state index contributed by atoms with van der Waals surface area (Å²) in [6.45, 7) is 3.71. The summed E-state index contributed by atoms with van der Waals surface area (Å²) >= 11 is 0. The number of imide groups is 1. The molecule has 2 aromatic carbocycles. The number of alkyl carbamates (subject to hydrolysis) is 1. The zero-order chi connectivity index (χ0) is 21.4. The SMILES string of the molecule is CC(C)/C(Cc1ccc(-c2ccc3cccc(F)c3c2)[nH]c1=O)=C1/OC(=O)NC1=O. The highest BCUT2D eigenvalue weighted by Gasteiger charge is 2.30. The van der Waals surface area contributed by atoms with Crippen LogP contribution in [0.4, 0.5) is 9.18 Å². The molecule has 7 heteroatoms. The normalized spacial score (nSPS) is 15.5. The minimum atomic E-state index is -0.819. The standard InChI is InChI=1S/C23H19FN2O4/c1-12(2)16(20-22(28)26-23(29)30-20)11-15-8-9-19(25-21(15)27)14-7-6-13-4-3-5-18(24)17(13)10-14/h3-10,12H,11H2,1-2H3,(H,25,27)(H,26,28,29)/b20-16+. The average molecular weight is 406 g/mol. The first-order valence-corrected chi connectivity index (χ1v) is 9.50. The smallest absolute Gasteiger partial charge is 0.404 e. The molecule has 1 saturated heterocycles. The molecular weight excluding hydrogens is 387 g/mol. The number of amides is 2. The number of fused-ring (bicyclic) bond motifs is 1. The van der Waals surface area contributed by atoms with Gasteiger partial charge in [-0.05, 0) is 40.6 Å². The number of halogens is 1. The van der Waals surface area contributed by atoms with Crippen LogP contribution in [-0.2, 0) is 16.0 Å². The molecule has 0 bridgehead atoms. The number of hydrogen-bond donors (Lipinski definition) is 2. The van der Waals surface area contributed by atoms with Gasteiger partial charge in [0.25, 0.3) is 11.5 Å². The van der Waals surface area contributed by atoms with Crippen LogP contribution in [0.15, 0.2) is 64.7 Å². The molecule has 1 fully saturated rings. The Bertz CT molecular complexity index is 1270. The number of carbonyl (C=O) groups is 2. The van der Waals surface area contributed by atoms with Gasteiger partial charge in [0.05, 0.1) is 0 Å². The largest absolute Gasteiger partial charge is 0.419 e. The zero-order valence-corrected chi connectivity index (χ0v) is 16.4. The number of pyridine rings is 1. The van der Waals surface area contributed by atoms with Gasteiger partial charge in [-0.2, -0.15) is 0 Å². The molecule has 1 aliphatic rings. The number of hydrogen-bond acceptors (Lipinski definition) is 4. The second kappa shape index (κ2) is 7.59. The highest BCUT2D eigenvalue weighted by atomic mass is 19.1. The topological polar surface area (TPSA) is 88.3 Å². The van der Waals surface area contributed by atoms with E-state index in [-0.39, 0.29) is 29.5 Å². The van der Waals surface area contributed by atoms with Crippen molar-refractivity contribution in [2.45, 2.75) is 20.3 Å². The van der Waals surface area contributed by atoms with Gasteiger partial charge >= 0.3 is 6.09 Å². The molecule has 0 radical (unpaired) electrons. The van der Waals surface area contributed by atoms with E-state index in [1.807, 2.05) is 26.0 Å². The summed E-state index contributed by atoms with van der Waals surface area (Å²) in [6.07, 6.45) is -0.656. The predicted molar refractivity (Wildman–Crippen MR) is 110 cm³/mol. The molecule has 2 amide bonds. The first kappa shape index (κ1) is 19.6. The zero-order valence-electron chi connectivity index (χ0n) is 16.4. The van der Waals surface area contributed by atoms with Gasteiger partial charge in [0.2, 0.25) is 0 Å². The molecule has 1 aromatic heterocycles. The molecule has 0 saturated carbocycles. The van der Waals surface area contributed by atoms with Crippen LogP contribution < -0.4 is 10.9 Å². The fourth-order valence-corrected chi connectivity index (χ4v) is 3.49. The lowest BCUT2D eigenvalue weighted by molar-refractivity contribution is -0.116. The van der Waals surface area contributed by atoms with E-state index in [0.29, 0.717) is 27.8 Å². The van der Waals surface area contributed by atoms with Gasteiger partial charge in [-0.3, -0.25) is 14.9 Å². The molecule has 0 spiro atoms. The molecule has 30 heavy (non-hydrogen) atoms. The summed E-state index contributed by atoms with van der Waals surface area (Å²) in [7, 11) is 0. The van der Waals surface area contributed by atoms with Gasteiger partial charge in [-0.25, -0.2) is 9.18 Å². The molecule has 3 aromatic rings. The summed E-state index contributed by atoms with van der Waals surface area (Å²) in [5.41, 5.74) is 1.90. The number of carbonyl (C=O) groups excluding carboxylic acids is 2. The molecule has 2 heterocycles. The molecule has 1 aliphatic heterocycles. The van der Waals surface area contributed by atoms with E-state index in [1.54, 1.807) is 30.3 Å². The third kappa shape index (κ3) is 3.61. The van der Waals surface area contributed by atoms with Crippen LogP contribution >= 0.6 is 0 Å². The number of allylic oxidation sites excluding steroid dienone is 1. The number of aromatic amines is 1. The lowest BCUT2D eigenvalue weighted by Crippen LogP contribution is -2.20. The number of ether oxygens (including phenoxy) is 1. The Balaban J connectivity index is 1.69. The molecule has 6 nitrogen and oxygen atoms in total. The summed E-state index contributed by atoms with van der Waals surface area (Å²) in [5.74, 6) is -1.09. The molecule has 0 atom stereocenters. The number of rotatable bonds is 4. The Labute approximate surface area is 171 Å². The van der Waals surface area contributed by atoms with Crippen molar-refractivity contribution in [2.24, 2.45) is 5.92 Å². The lowest BCUT2D eigenvalue weighted by atomic mass is 9.94. The van der Waals surface area contributed by atoms with E-state index < -0.39 is 12.0 Å². The van der Waals surface area contributed by atoms with Crippen LogP contribution in [0.1, 0.15) is 19.4 Å². The van der Waals surface area contributed by atoms with E-state index in [9.17, 15) is 18.8 Å². The van der Waals surface area contributed by atoms with Gasteiger partial charge in [-0.1, -0.05) is 44.2 Å². The first-order valence-electron chi connectivity index (χ1n) is 9.50. The Kier molecular flexibility index (Phi) is 4.95. The van der Waals surface area contributed by atoms with Crippen LogP contribution in [0.2, 0.25) is 0 Å². The quantitative estimate of drug-likeness (QED) is 0.640. The Morgan fingerprint density at radius 3 is 2.53 bits per heavy atom. The van der Waals surface area contributed by atoms with Crippen LogP contribution in [0, 0.1) is 11.7 Å². The van der Waals surface area contributed by atoms with E-state index in [4.69, 9.17) is 4.74 Å². The van der Waals surface area contributed by atoms with Crippen LogP contribution in [-0.4, -0.2) is 17.0 Å². The van der Waals surface area contributed by atoms with Crippen molar-refractivity contribution in [3.05, 3.63) is 81.6 Å². The number of aromatic nitrogens is 1. The van der Waals surface area contributed by atoms with E-state index >= 15 is 0 Å². The van der Waals surface area contributed by atoms with Crippen LogP contribution in [0.3, 0.4) is 0 Å². The second-order valence-electron chi connectivity index (χ2n) is 7.43. The third-order valence-corrected chi connectivity index (χ3v) is 5.12. The summed E-state index contributed by atoms with van der Waals surface area (Å²) in [4.78, 5) is 38.8. The van der Waals surface area contributed by atoms with Crippen molar-refractivity contribution in [1.29, 1.82) is 0 Å². The molecule has 0 unspecified atom stereocenters. The van der Waals surface area contributed by atoms with Crippen molar-refractivity contribution in [2.75, 3.05) is 0 Å². The van der Waals surface area contributed by atoms with Crippen LogP contribution in [0.25, 0.3) is 22.0 Å². The summed E-state index contributed by atoms with van der Waals surface area (Å²) < 4.78 is 19.1. The van der Waals surface area contributed by atoms with E-state index in [0.717, 1.165) is 5.39 Å². The molecule has 4 rings (SSSR count). The van der Waals surface area contributed by atoms with E-state index in [2.05, 4.69) is 10.3 Å². The highest BCUT2D eigenvalue weighted by Crippen LogP contribution is 2.26. The van der Waals surface area contributed by atoms with Crippen molar-refractivity contribution in [1.82, 2.24) is 10.3 Å². The number of H-pyrrole nitrogens is 1. The number of cyclic esters (lactones) is 1. The predicted octanol–water partition coefficient (Wildman–Crippen LogP) is 4.05. The number of nitrogens with one attached hydrogen (secondary N) is 2. The molecular formula is C23H19FN2O4. The molecule has 0 aliphatic carbocycles. The minimum absolute atomic E-state index is 0.0523. The minimum Gasteiger partial charge on any atom is -0.404 e. The van der Waals surface area contributed by atoms with Crippen LogP contribution in [0.5, 0.6) is 0 Å². The Hall–Kier alpha value is -3.74. The van der Waals surface area contributed by atoms with Crippen molar-refractivity contribution in [3.8, 4) is 11.3 Å². The summed E-state index contributed by atoms with van der Waals surface area (Å²) in [6, 6.07) is 13.6. The van der Waals surface area contributed by atoms with Crippen molar-refractivity contribution < 1.29 is 18.7 Å². The van der Waals surface area contributed by atoms with Crippen molar-refractivity contribution in [3.63, 3.8) is 0 Å². The third-order valence-electron chi connectivity index (χ3n) is 5.12. The van der Waals surface area contributed by atoms with Gasteiger partial charge in [0.1, 0.15) is 5.82 Å². The van der Waals surface area contributed by atoms with Gasteiger partial charge in [-0.15, -0.1) is 0 Å². The first-order chi connectivity index (χ1) is 14.3. The summed E-state index contributed by atoms with van der Waals surface area (Å²) in [5, 5.41) is 3.32. The van der Waals surface area contributed by atoms with E-state index in [1.165, 1.54) is 6.07 Å². The maximum absolute atomic E-state index is 14.1. The highest BCUT2D eigenvalue weighted by molar-refractivity contribution is 6.07. The molecule has 2 N–H and O–H groups in total. The monoisotopic (exact) mass is 406 g/mol.